The van der Waals surface area contributed by atoms with Crippen LogP contribution in [0.1, 0.15) is 12.5 Å². The van der Waals surface area contributed by atoms with E-state index in [1.807, 2.05) is 0 Å². The molecule has 8 heteroatoms. The topological polar surface area (TPSA) is 65.9 Å². The maximum absolute atomic E-state index is 9.87. The molecule has 0 amide bonds. The first-order chi connectivity index (χ1) is 9.45. The standard InChI is InChI=1S/C12H15Cl2N3O2S/c1-7(16-17-12(20)15-3-4-19-2)9-5-8(13)6-10(14)11(9)18/h5-6,18H,3-4H2,1-2H3,(H2,15,17,20)/b16-7+. The minimum Gasteiger partial charge on any atom is -0.506 e. The van der Waals surface area contributed by atoms with Crippen LogP contribution in [0.2, 0.25) is 10.0 Å². The molecule has 0 saturated carbocycles. The van der Waals surface area contributed by atoms with Crippen molar-refractivity contribution in [3.05, 3.63) is 27.7 Å². The van der Waals surface area contributed by atoms with Gasteiger partial charge >= 0.3 is 0 Å². The molecule has 20 heavy (non-hydrogen) atoms. The summed E-state index contributed by atoms with van der Waals surface area (Å²) in [4.78, 5) is 0. The number of nitrogens with one attached hydrogen (secondary N) is 2. The number of ether oxygens (including phenoxy) is 1. The molecular weight excluding hydrogens is 321 g/mol. The number of rotatable bonds is 5. The lowest BCUT2D eigenvalue weighted by Gasteiger charge is -2.09. The van der Waals surface area contributed by atoms with Gasteiger partial charge in [0.05, 0.1) is 17.3 Å². The van der Waals surface area contributed by atoms with Crippen LogP contribution in [0.15, 0.2) is 17.2 Å². The average molecular weight is 336 g/mol. The second kappa shape index (κ2) is 8.26. The number of hydrogen-bond acceptors (Lipinski definition) is 4. The summed E-state index contributed by atoms with van der Waals surface area (Å²) in [5.74, 6) is -0.0719. The zero-order chi connectivity index (χ0) is 15.1. The number of phenols is 1. The number of hydrazone groups is 1. The van der Waals surface area contributed by atoms with Gasteiger partial charge in [-0.2, -0.15) is 5.10 Å². The van der Waals surface area contributed by atoms with Gasteiger partial charge < -0.3 is 15.2 Å². The van der Waals surface area contributed by atoms with Gasteiger partial charge in [0.15, 0.2) is 5.11 Å². The number of phenolic OH excluding ortho intramolecular Hbond substituents is 1. The minimum atomic E-state index is -0.0719. The van der Waals surface area contributed by atoms with Crippen molar-refractivity contribution in [1.29, 1.82) is 0 Å². The minimum absolute atomic E-state index is 0.0719. The Balaban J connectivity index is 2.72. The van der Waals surface area contributed by atoms with Crippen LogP contribution >= 0.6 is 35.4 Å². The summed E-state index contributed by atoms with van der Waals surface area (Å²) in [5.41, 5.74) is 3.60. The SMILES string of the molecule is COCCNC(=S)N/N=C(\C)c1cc(Cl)cc(Cl)c1O. The highest BCUT2D eigenvalue weighted by Crippen LogP contribution is 2.31. The Morgan fingerprint density at radius 3 is 2.80 bits per heavy atom. The van der Waals surface area contributed by atoms with Crippen molar-refractivity contribution >= 4 is 46.2 Å². The third-order valence-corrected chi connectivity index (χ3v) is 3.08. The highest BCUT2D eigenvalue weighted by molar-refractivity contribution is 7.80. The second-order valence-electron chi connectivity index (χ2n) is 3.84. The first-order valence-corrected chi connectivity index (χ1v) is 6.87. The van der Waals surface area contributed by atoms with E-state index >= 15 is 0 Å². The Bertz CT molecular complexity index is 524. The lowest BCUT2D eigenvalue weighted by molar-refractivity contribution is 0.204. The highest BCUT2D eigenvalue weighted by Gasteiger charge is 2.10. The van der Waals surface area contributed by atoms with Gasteiger partial charge in [0.25, 0.3) is 0 Å². The first kappa shape index (κ1) is 17.0. The van der Waals surface area contributed by atoms with Crippen molar-refractivity contribution in [3.63, 3.8) is 0 Å². The zero-order valence-corrected chi connectivity index (χ0v) is 13.4. The first-order valence-electron chi connectivity index (χ1n) is 5.71. The van der Waals surface area contributed by atoms with Gasteiger partial charge in [-0.05, 0) is 31.3 Å². The number of aromatic hydroxyl groups is 1. The third-order valence-electron chi connectivity index (χ3n) is 2.33. The number of hydrogen-bond donors (Lipinski definition) is 3. The van der Waals surface area contributed by atoms with Gasteiger partial charge in [-0.25, -0.2) is 0 Å². The van der Waals surface area contributed by atoms with Crippen LogP contribution in [0.4, 0.5) is 0 Å². The predicted octanol–water partition coefficient (Wildman–Crippen LogP) is 2.53. The summed E-state index contributed by atoms with van der Waals surface area (Å²) in [5, 5.41) is 17.8. The number of halogens is 2. The summed E-state index contributed by atoms with van der Waals surface area (Å²) in [6, 6.07) is 3.03. The Kier molecular flexibility index (Phi) is 7.01. The smallest absolute Gasteiger partial charge is 0.187 e. The van der Waals surface area contributed by atoms with E-state index < -0.39 is 0 Å². The molecule has 1 rings (SSSR count). The molecule has 1 aromatic carbocycles. The summed E-state index contributed by atoms with van der Waals surface area (Å²) in [6.07, 6.45) is 0. The van der Waals surface area contributed by atoms with Gasteiger partial charge in [0.1, 0.15) is 5.75 Å². The van der Waals surface area contributed by atoms with Gasteiger partial charge in [-0.1, -0.05) is 23.2 Å². The summed E-state index contributed by atoms with van der Waals surface area (Å²) in [7, 11) is 1.60. The van der Waals surface area contributed by atoms with Crippen molar-refractivity contribution in [2.75, 3.05) is 20.3 Å². The fourth-order valence-electron chi connectivity index (χ4n) is 1.34. The molecule has 1 aromatic rings. The summed E-state index contributed by atoms with van der Waals surface area (Å²) < 4.78 is 4.88. The van der Waals surface area contributed by atoms with Gasteiger partial charge in [0.2, 0.25) is 0 Å². The largest absolute Gasteiger partial charge is 0.506 e. The third kappa shape index (κ3) is 5.13. The van der Waals surface area contributed by atoms with E-state index in [1.165, 1.54) is 6.07 Å². The van der Waals surface area contributed by atoms with Gasteiger partial charge in [0, 0.05) is 24.2 Å². The van der Waals surface area contributed by atoms with Crippen LogP contribution in [0.5, 0.6) is 5.75 Å². The molecule has 0 aliphatic carbocycles. The van der Waals surface area contributed by atoms with E-state index in [2.05, 4.69) is 15.8 Å². The zero-order valence-electron chi connectivity index (χ0n) is 11.0. The molecule has 110 valence electrons. The maximum atomic E-state index is 9.87. The van der Waals surface area contributed by atoms with E-state index in [0.29, 0.717) is 34.6 Å². The molecule has 5 nitrogen and oxygen atoms in total. The van der Waals surface area contributed by atoms with Gasteiger partial charge in [-0.15, -0.1) is 0 Å². The molecule has 0 aromatic heterocycles. The van der Waals surface area contributed by atoms with Crippen molar-refractivity contribution in [2.45, 2.75) is 6.92 Å². The monoisotopic (exact) mass is 335 g/mol. The lowest BCUT2D eigenvalue weighted by atomic mass is 10.1. The fourth-order valence-corrected chi connectivity index (χ4v) is 1.98. The molecule has 0 heterocycles. The quantitative estimate of drug-likeness (QED) is 0.334. The molecule has 0 unspecified atom stereocenters. The maximum Gasteiger partial charge on any atom is 0.187 e. The second-order valence-corrected chi connectivity index (χ2v) is 5.09. The van der Waals surface area contributed by atoms with E-state index in [1.54, 1.807) is 20.1 Å². The number of nitrogens with zero attached hydrogens (tertiary/aromatic N) is 1. The highest BCUT2D eigenvalue weighted by atomic mass is 35.5. The average Bonchev–Trinajstić information content (AvgIpc) is 2.40. The van der Waals surface area contributed by atoms with Crippen molar-refractivity contribution in [3.8, 4) is 5.75 Å². The molecule has 0 atom stereocenters. The van der Waals surface area contributed by atoms with E-state index in [0.717, 1.165) is 0 Å². The Labute approximate surface area is 132 Å². The summed E-state index contributed by atoms with van der Waals surface area (Å²) >= 11 is 16.8. The van der Waals surface area contributed by atoms with Crippen LogP contribution in [-0.2, 0) is 4.74 Å². The fraction of sp³-hybridized carbons (Fsp3) is 0.333. The van der Waals surface area contributed by atoms with Crippen molar-refractivity contribution in [1.82, 2.24) is 10.7 Å². The van der Waals surface area contributed by atoms with Crippen LogP contribution in [0, 0.1) is 0 Å². The molecule has 0 saturated heterocycles. The number of methoxy groups -OCH3 is 1. The summed E-state index contributed by atoms with van der Waals surface area (Å²) in [6.45, 7) is 2.81. The van der Waals surface area contributed by atoms with Crippen LogP contribution < -0.4 is 10.7 Å². The predicted molar refractivity (Wildman–Crippen MR) is 86.0 cm³/mol. The number of benzene rings is 1. The molecular formula is C12H15Cl2N3O2S. The van der Waals surface area contributed by atoms with E-state index in [-0.39, 0.29) is 10.8 Å². The molecule has 0 spiro atoms. The molecule has 0 bridgehead atoms. The van der Waals surface area contributed by atoms with Crippen LogP contribution in [-0.4, -0.2) is 36.2 Å². The number of thiocarbonyl (C=S) groups is 1. The molecule has 3 N–H and O–H groups in total. The molecule has 0 radical (unpaired) electrons. The Hall–Kier alpha value is -1.08. The molecule has 0 fully saturated rings. The lowest BCUT2D eigenvalue weighted by Crippen LogP contribution is -2.34. The molecule has 0 aliphatic rings. The van der Waals surface area contributed by atoms with E-state index in [4.69, 9.17) is 40.2 Å². The normalized spacial score (nSPS) is 11.3. The van der Waals surface area contributed by atoms with Crippen molar-refractivity contribution < 1.29 is 9.84 Å². The van der Waals surface area contributed by atoms with E-state index in [9.17, 15) is 5.11 Å². The van der Waals surface area contributed by atoms with Crippen LogP contribution in [0.3, 0.4) is 0 Å². The molecule has 0 aliphatic heterocycles. The Morgan fingerprint density at radius 1 is 1.45 bits per heavy atom. The van der Waals surface area contributed by atoms with Gasteiger partial charge in [-0.3, -0.25) is 5.43 Å². The van der Waals surface area contributed by atoms with Crippen molar-refractivity contribution in [2.24, 2.45) is 5.10 Å². The van der Waals surface area contributed by atoms with Crippen LogP contribution in [0.25, 0.3) is 0 Å². The Morgan fingerprint density at radius 2 is 2.15 bits per heavy atom.